The smallest absolute Gasteiger partial charge is 0.284 e. The first-order valence-electron chi connectivity index (χ1n) is 3.71. The molecule has 14 heavy (non-hydrogen) atoms. The van der Waals surface area contributed by atoms with Gasteiger partial charge in [0.2, 0.25) is 0 Å². The molecule has 0 radical (unpaired) electrons. The average Bonchev–Trinajstić information content (AvgIpc) is 2.16. The van der Waals surface area contributed by atoms with E-state index >= 15 is 0 Å². The first-order valence-corrected chi connectivity index (χ1v) is 4.24. The highest BCUT2D eigenvalue weighted by atomic mass is 35.5. The van der Waals surface area contributed by atoms with Crippen molar-refractivity contribution in [3.8, 4) is 11.5 Å². The predicted molar refractivity (Wildman–Crippen MR) is 47.0 cm³/mol. The second kappa shape index (κ2) is 4.41. The van der Waals surface area contributed by atoms with Crippen LogP contribution in [0.2, 0.25) is 0 Å². The van der Waals surface area contributed by atoms with E-state index in [-0.39, 0.29) is 23.1 Å². The highest BCUT2D eigenvalue weighted by Gasteiger charge is 2.18. The van der Waals surface area contributed by atoms with Crippen LogP contribution >= 0.6 is 11.6 Å². The molecule has 1 heterocycles. The minimum Gasteiger partial charge on any atom is -0.506 e. The lowest BCUT2D eigenvalue weighted by molar-refractivity contribution is 0.141. The maximum atomic E-state index is 12.4. The number of pyridine rings is 1. The lowest BCUT2D eigenvalue weighted by atomic mass is 10.2. The summed E-state index contributed by atoms with van der Waals surface area (Å²) in [5.74, 6) is -0.525. The molecule has 1 aromatic heterocycles. The maximum Gasteiger partial charge on any atom is 0.284 e. The van der Waals surface area contributed by atoms with Crippen LogP contribution < -0.4 is 4.74 Å². The summed E-state index contributed by atoms with van der Waals surface area (Å²) >= 11 is 5.40. The third-order valence-electron chi connectivity index (χ3n) is 1.62. The fourth-order valence-electron chi connectivity index (χ4n) is 0.957. The van der Waals surface area contributed by atoms with Crippen LogP contribution in [0.25, 0.3) is 0 Å². The Morgan fingerprint density at radius 1 is 1.64 bits per heavy atom. The summed E-state index contributed by atoms with van der Waals surface area (Å²) in [6.45, 7) is 0. The fraction of sp³-hybridized carbons (Fsp3) is 0.375. The lowest BCUT2D eigenvalue weighted by Crippen LogP contribution is -1.99. The molecular formula is C8H8ClF2NO2. The molecule has 0 aromatic carbocycles. The van der Waals surface area contributed by atoms with Crippen molar-refractivity contribution in [1.82, 2.24) is 4.98 Å². The van der Waals surface area contributed by atoms with Crippen molar-refractivity contribution in [3.05, 3.63) is 17.5 Å². The van der Waals surface area contributed by atoms with Crippen LogP contribution in [0.4, 0.5) is 8.78 Å². The normalized spacial score (nSPS) is 10.6. The molecule has 1 aromatic rings. The van der Waals surface area contributed by atoms with Crippen LogP contribution in [0, 0.1) is 0 Å². The Hall–Kier alpha value is -1.10. The number of aromatic nitrogens is 1. The standard InChI is InChI=1S/C8H8ClF2NO2/c1-14-6-2-5(13)4(3-9)12-7(6)8(10)11/h2,8,13H,3H2,1H3. The monoisotopic (exact) mass is 223 g/mol. The van der Waals surface area contributed by atoms with Gasteiger partial charge in [0.1, 0.15) is 17.2 Å². The quantitative estimate of drug-likeness (QED) is 0.801. The molecular weight excluding hydrogens is 216 g/mol. The molecule has 78 valence electrons. The van der Waals surface area contributed by atoms with Crippen molar-refractivity contribution in [1.29, 1.82) is 0 Å². The van der Waals surface area contributed by atoms with Gasteiger partial charge in [-0.2, -0.15) is 0 Å². The van der Waals surface area contributed by atoms with Crippen molar-refractivity contribution >= 4 is 11.6 Å². The molecule has 1 rings (SSSR count). The van der Waals surface area contributed by atoms with Gasteiger partial charge in [-0.25, -0.2) is 13.8 Å². The first-order chi connectivity index (χ1) is 6.60. The third-order valence-corrected chi connectivity index (χ3v) is 1.88. The summed E-state index contributed by atoms with van der Waals surface area (Å²) < 4.78 is 29.4. The number of halogens is 3. The van der Waals surface area contributed by atoms with E-state index in [0.29, 0.717) is 0 Å². The minimum atomic E-state index is -2.76. The van der Waals surface area contributed by atoms with Crippen LogP contribution in [0.3, 0.4) is 0 Å². The topological polar surface area (TPSA) is 42.4 Å². The molecule has 0 fully saturated rings. The van der Waals surface area contributed by atoms with Gasteiger partial charge in [-0.1, -0.05) is 0 Å². The van der Waals surface area contributed by atoms with E-state index in [1.54, 1.807) is 0 Å². The van der Waals surface area contributed by atoms with Gasteiger partial charge in [0.15, 0.2) is 0 Å². The number of alkyl halides is 3. The third kappa shape index (κ3) is 2.04. The van der Waals surface area contributed by atoms with Crippen LogP contribution in [0.15, 0.2) is 6.07 Å². The number of methoxy groups -OCH3 is 1. The molecule has 0 aliphatic carbocycles. The van der Waals surface area contributed by atoms with Gasteiger partial charge in [0.25, 0.3) is 6.43 Å². The number of hydrogen-bond donors (Lipinski definition) is 1. The predicted octanol–water partition coefficient (Wildman–Crippen LogP) is 2.47. The van der Waals surface area contributed by atoms with E-state index in [9.17, 15) is 13.9 Å². The zero-order valence-electron chi connectivity index (χ0n) is 7.30. The molecule has 0 amide bonds. The van der Waals surface area contributed by atoms with Gasteiger partial charge >= 0.3 is 0 Å². The van der Waals surface area contributed by atoms with Gasteiger partial charge in [-0.15, -0.1) is 11.6 Å². The molecule has 0 saturated heterocycles. The molecule has 3 nitrogen and oxygen atoms in total. The summed E-state index contributed by atoms with van der Waals surface area (Å²) in [5, 5.41) is 9.26. The van der Waals surface area contributed by atoms with Crippen molar-refractivity contribution < 1.29 is 18.6 Å². The molecule has 0 aliphatic heterocycles. The van der Waals surface area contributed by atoms with Crippen molar-refractivity contribution in [2.75, 3.05) is 7.11 Å². The van der Waals surface area contributed by atoms with Gasteiger partial charge in [-0.3, -0.25) is 0 Å². The van der Waals surface area contributed by atoms with Gasteiger partial charge in [-0.05, 0) is 0 Å². The molecule has 0 bridgehead atoms. The summed E-state index contributed by atoms with van der Waals surface area (Å²) in [5.41, 5.74) is -0.497. The van der Waals surface area contributed by atoms with Crippen molar-refractivity contribution in [2.24, 2.45) is 0 Å². The molecule has 6 heteroatoms. The molecule has 0 saturated carbocycles. The number of aromatic hydroxyl groups is 1. The number of nitrogens with zero attached hydrogens (tertiary/aromatic N) is 1. The summed E-state index contributed by atoms with van der Waals surface area (Å²) in [4.78, 5) is 3.50. The Balaban J connectivity index is 3.25. The molecule has 0 unspecified atom stereocenters. The lowest BCUT2D eigenvalue weighted by Gasteiger charge is -2.09. The number of ether oxygens (including phenoxy) is 1. The average molecular weight is 224 g/mol. The van der Waals surface area contributed by atoms with Gasteiger partial charge in [0.05, 0.1) is 18.7 Å². The number of hydrogen-bond acceptors (Lipinski definition) is 3. The zero-order chi connectivity index (χ0) is 10.7. The molecule has 0 atom stereocenters. The van der Waals surface area contributed by atoms with Crippen molar-refractivity contribution in [2.45, 2.75) is 12.3 Å². The van der Waals surface area contributed by atoms with Gasteiger partial charge in [0, 0.05) is 6.07 Å². The van der Waals surface area contributed by atoms with Crippen molar-refractivity contribution in [3.63, 3.8) is 0 Å². The highest BCUT2D eigenvalue weighted by Crippen LogP contribution is 2.32. The summed E-state index contributed by atoms with van der Waals surface area (Å²) in [6.07, 6.45) is -2.76. The first kappa shape index (κ1) is 11.0. The SMILES string of the molecule is COc1cc(O)c(CCl)nc1C(F)F. The Morgan fingerprint density at radius 2 is 2.29 bits per heavy atom. The second-order valence-corrected chi connectivity index (χ2v) is 2.74. The van der Waals surface area contributed by atoms with E-state index in [1.165, 1.54) is 7.11 Å². The van der Waals surface area contributed by atoms with E-state index in [0.717, 1.165) is 6.07 Å². The highest BCUT2D eigenvalue weighted by molar-refractivity contribution is 6.17. The van der Waals surface area contributed by atoms with E-state index in [1.807, 2.05) is 0 Å². The molecule has 0 spiro atoms. The summed E-state index contributed by atoms with van der Waals surface area (Å²) in [7, 11) is 1.22. The van der Waals surface area contributed by atoms with E-state index in [4.69, 9.17) is 11.6 Å². The summed E-state index contributed by atoms with van der Waals surface area (Å²) in [6, 6.07) is 1.08. The Kier molecular flexibility index (Phi) is 3.46. The van der Waals surface area contributed by atoms with Crippen LogP contribution in [0.5, 0.6) is 11.5 Å². The minimum absolute atomic E-state index is 0.0165. The van der Waals surface area contributed by atoms with Crippen LogP contribution in [-0.4, -0.2) is 17.2 Å². The van der Waals surface area contributed by atoms with Gasteiger partial charge < -0.3 is 9.84 Å². The fourth-order valence-corrected chi connectivity index (χ4v) is 1.15. The van der Waals surface area contributed by atoms with Crippen LogP contribution in [0.1, 0.15) is 17.8 Å². The Labute approximate surface area is 84.3 Å². The second-order valence-electron chi connectivity index (χ2n) is 2.48. The molecule has 1 N–H and O–H groups in total. The van der Waals surface area contributed by atoms with E-state index < -0.39 is 12.1 Å². The maximum absolute atomic E-state index is 12.4. The van der Waals surface area contributed by atoms with Crippen LogP contribution in [-0.2, 0) is 5.88 Å². The molecule has 0 aliphatic rings. The Morgan fingerprint density at radius 3 is 2.71 bits per heavy atom. The largest absolute Gasteiger partial charge is 0.506 e. The Bertz CT molecular complexity index is 333. The van der Waals surface area contributed by atoms with E-state index in [2.05, 4.69) is 9.72 Å². The number of rotatable bonds is 3. The zero-order valence-corrected chi connectivity index (χ0v) is 8.05.